The molecule has 0 bridgehead atoms. The van der Waals surface area contributed by atoms with E-state index in [2.05, 4.69) is 4.90 Å². The molecule has 1 aromatic carbocycles. The number of piperazine rings is 1. The van der Waals surface area contributed by atoms with E-state index in [9.17, 15) is 9.59 Å². The van der Waals surface area contributed by atoms with Gasteiger partial charge < -0.3 is 19.3 Å². The van der Waals surface area contributed by atoms with Gasteiger partial charge in [-0.2, -0.15) is 0 Å². The maximum absolute atomic E-state index is 12.6. The maximum Gasteiger partial charge on any atom is 0.246 e. The fourth-order valence-electron chi connectivity index (χ4n) is 3.94. The zero-order valence-electron chi connectivity index (χ0n) is 18.1. The van der Waals surface area contributed by atoms with Crippen LogP contribution in [0.3, 0.4) is 0 Å². The number of ether oxygens (including phenoxy) is 2. The second-order valence-corrected chi connectivity index (χ2v) is 7.88. The zero-order valence-corrected chi connectivity index (χ0v) is 18.1. The van der Waals surface area contributed by atoms with Gasteiger partial charge in [-0.05, 0) is 36.6 Å². The summed E-state index contributed by atoms with van der Waals surface area (Å²) in [6.45, 7) is 4.96. The number of nitrogens with zero attached hydrogens (tertiary/aromatic N) is 3. The van der Waals surface area contributed by atoms with E-state index in [1.165, 1.54) is 12.8 Å². The first-order valence-electron chi connectivity index (χ1n) is 10.8. The lowest BCUT2D eigenvalue weighted by Gasteiger charge is -2.34. The summed E-state index contributed by atoms with van der Waals surface area (Å²) in [5.74, 6) is 1.58. The molecule has 0 aromatic heterocycles. The van der Waals surface area contributed by atoms with Crippen molar-refractivity contribution in [3.63, 3.8) is 0 Å². The molecule has 0 atom stereocenters. The lowest BCUT2D eigenvalue weighted by molar-refractivity contribution is -0.133. The molecule has 7 nitrogen and oxygen atoms in total. The Kier molecular flexibility index (Phi) is 8.13. The number of benzene rings is 1. The summed E-state index contributed by atoms with van der Waals surface area (Å²) in [5, 5.41) is 0. The highest BCUT2D eigenvalue weighted by molar-refractivity contribution is 5.92. The summed E-state index contributed by atoms with van der Waals surface area (Å²) in [6, 6.07) is 5.52. The minimum atomic E-state index is -0.0183. The molecular formula is C23H33N3O4. The Bertz CT molecular complexity index is 727. The Balaban J connectivity index is 1.48. The van der Waals surface area contributed by atoms with Gasteiger partial charge in [0.2, 0.25) is 11.8 Å². The van der Waals surface area contributed by atoms with Crippen molar-refractivity contribution in [3.05, 3.63) is 29.8 Å². The quantitative estimate of drug-likeness (QED) is 0.667. The number of rotatable bonds is 6. The third kappa shape index (κ3) is 6.23. The summed E-state index contributed by atoms with van der Waals surface area (Å²) >= 11 is 0. The topological polar surface area (TPSA) is 62.3 Å². The van der Waals surface area contributed by atoms with Gasteiger partial charge in [-0.25, -0.2) is 0 Å². The fraction of sp³-hybridized carbons (Fsp3) is 0.565. The Hall–Kier alpha value is -2.54. The molecule has 0 N–H and O–H groups in total. The zero-order chi connectivity index (χ0) is 21.3. The van der Waals surface area contributed by atoms with E-state index < -0.39 is 0 Å². The number of likely N-dealkylation sites (tertiary alicyclic amines) is 1. The molecule has 30 heavy (non-hydrogen) atoms. The van der Waals surface area contributed by atoms with E-state index in [-0.39, 0.29) is 11.8 Å². The third-order valence-electron chi connectivity index (χ3n) is 5.79. The van der Waals surface area contributed by atoms with Crippen molar-refractivity contribution >= 4 is 17.9 Å². The number of carbonyl (C=O) groups is 2. The van der Waals surface area contributed by atoms with Crippen LogP contribution >= 0.6 is 0 Å². The van der Waals surface area contributed by atoms with Crippen LogP contribution in [0.25, 0.3) is 6.08 Å². The molecule has 2 heterocycles. The van der Waals surface area contributed by atoms with Crippen molar-refractivity contribution in [2.45, 2.75) is 25.7 Å². The Morgan fingerprint density at radius 2 is 1.43 bits per heavy atom. The Morgan fingerprint density at radius 1 is 0.833 bits per heavy atom. The smallest absolute Gasteiger partial charge is 0.246 e. The third-order valence-corrected chi connectivity index (χ3v) is 5.79. The predicted molar refractivity (Wildman–Crippen MR) is 117 cm³/mol. The number of hydrogen-bond acceptors (Lipinski definition) is 5. The van der Waals surface area contributed by atoms with Gasteiger partial charge in [-0.15, -0.1) is 0 Å². The molecule has 1 aromatic rings. The largest absolute Gasteiger partial charge is 0.497 e. The lowest BCUT2D eigenvalue weighted by Crippen LogP contribution is -2.51. The average Bonchev–Trinajstić information content (AvgIpc) is 3.07. The molecule has 0 radical (unpaired) electrons. The number of hydrogen-bond donors (Lipinski definition) is 0. The van der Waals surface area contributed by atoms with Gasteiger partial charge in [0, 0.05) is 51.4 Å². The lowest BCUT2D eigenvalue weighted by atomic mass is 10.2. The number of amides is 2. The molecule has 2 saturated heterocycles. The van der Waals surface area contributed by atoms with Crippen molar-refractivity contribution in [1.82, 2.24) is 14.7 Å². The molecule has 2 fully saturated rings. The van der Waals surface area contributed by atoms with Gasteiger partial charge in [0.05, 0.1) is 20.8 Å². The molecule has 0 spiro atoms. The van der Waals surface area contributed by atoms with Gasteiger partial charge in [0.25, 0.3) is 0 Å². The van der Waals surface area contributed by atoms with Gasteiger partial charge in [0.15, 0.2) is 0 Å². The summed E-state index contributed by atoms with van der Waals surface area (Å²) in [7, 11) is 3.20. The standard InChI is InChI=1S/C23H33N3O4/c1-29-20-15-19(16-21(17-20)30-2)7-8-22(27)26-13-11-24(12-14-26)18-23(28)25-9-5-3-4-6-10-25/h7-8,15-17H,3-6,9-14,18H2,1-2H3/b8-7+. The molecule has 0 aliphatic carbocycles. The van der Waals surface area contributed by atoms with Crippen molar-refractivity contribution in [2.75, 3.05) is 60.0 Å². The molecular weight excluding hydrogens is 382 g/mol. The summed E-state index contributed by atoms with van der Waals surface area (Å²) in [5.41, 5.74) is 0.848. The molecule has 2 aliphatic heterocycles. The summed E-state index contributed by atoms with van der Waals surface area (Å²) in [4.78, 5) is 31.2. The van der Waals surface area contributed by atoms with Gasteiger partial charge in [-0.1, -0.05) is 12.8 Å². The first kappa shape index (κ1) is 22.2. The molecule has 164 valence electrons. The van der Waals surface area contributed by atoms with Crippen LogP contribution in [0.2, 0.25) is 0 Å². The first-order valence-corrected chi connectivity index (χ1v) is 10.8. The van der Waals surface area contributed by atoms with Crippen LogP contribution in [0.5, 0.6) is 11.5 Å². The Morgan fingerprint density at radius 3 is 2.00 bits per heavy atom. The van der Waals surface area contributed by atoms with Crippen molar-refractivity contribution in [1.29, 1.82) is 0 Å². The van der Waals surface area contributed by atoms with Crippen LogP contribution < -0.4 is 9.47 Å². The van der Waals surface area contributed by atoms with Crippen LogP contribution in [-0.4, -0.2) is 86.5 Å². The molecule has 7 heteroatoms. The minimum absolute atomic E-state index is 0.0183. The van der Waals surface area contributed by atoms with Crippen molar-refractivity contribution < 1.29 is 19.1 Å². The van der Waals surface area contributed by atoms with Gasteiger partial charge in [0.1, 0.15) is 11.5 Å². The van der Waals surface area contributed by atoms with E-state index in [0.717, 1.165) is 44.6 Å². The molecule has 3 rings (SSSR count). The van der Waals surface area contributed by atoms with E-state index in [4.69, 9.17) is 9.47 Å². The highest BCUT2D eigenvalue weighted by atomic mass is 16.5. The number of methoxy groups -OCH3 is 2. The van der Waals surface area contributed by atoms with E-state index in [0.29, 0.717) is 31.1 Å². The fourth-order valence-corrected chi connectivity index (χ4v) is 3.94. The van der Waals surface area contributed by atoms with E-state index >= 15 is 0 Å². The maximum atomic E-state index is 12.6. The average molecular weight is 416 g/mol. The van der Waals surface area contributed by atoms with Crippen molar-refractivity contribution in [2.24, 2.45) is 0 Å². The van der Waals surface area contributed by atoms with Crippen LogP contribution in [0, 0.1) is 0 Å². The summed E-state index contributed by atoms with van der Waals surface area (Å²) in [6.07, 6.45) is 8.04. The molecule has 0 unspecified atom stereocenters. The van der Waals surface area contributed by atoms with Crippen LogP contribution in [0.1, 0.15) is 31.2 Å². The predicted octanol–water partition coefficient (Wildman–Crippen LogP) is 2.26. The molecule has 2 aliphatic rings. The minimum Gasteiger partial charge on any atom is -0.497 e. The highest BCUT2D eigenvalue weighted by Gasteiger charge is 2.23. The van der Waals surface area contributed by atoms with Crippen LogP contribution in [0.15, 0.2) is 24.3 Å². The molecule has 0 saturated carbocycles. The monoisotopic (exact) mass is 415 g/mol. The highest BCUT2D eigenvalue weighted by Crippen LogP contribution is 2.23. The Labute approximate surface area is 179 Å². The van der Waals surface area contributed by atoms with Crippen molar-refractivity contribution in [3.8, 4) is 11.5 Å². The second kappa shape index (κ2) is 11.0. The SMILES string of the molecule is COc1cc(/C=C/C(=O)N2CCN(CC(=O)N3CCCCCC3)CC2)cc(OC)c1. The molecule has 2 amide bonds. The van der Waals surface area contributed by atoms with E-state index in [1.807, 2.05) is 21.9 Å². The van der Waals surface area contributed by atoms with Gasteiger partial charge in [-0.3, -0.25) is 14.5 Å². The number of carbonyl (C=O) groups excluding carboxylic acids is 2. The van der Waals surface area contributed by atoms with Crippen LogP contribution in [-0.2, 0) is 9.59 Å². The normalized spacial score (nSPS) is 18.3. The first-order chi connectivity index (χ1) is 14.6. The van der Waals surface area contributed by atoms with E-state index in [1.54, 1.807) is 32.4 Å². The van der Waals surface area contributed by atoms with Crippen LogP contribution in [0.4, 0.5) is 0 Å². The second-order valence-electron chi connectivity index (χ2n) is 7.88. The van der Waals surface area contributed by atoms with Gasteiger partial charge >= 0.3 is 0 Å². The summed E-state index contributed by atoms with van der Waals surface area (Å²) < 4.78 is 10.5.